The summed E-state index contributed by atoms with van der Waals surface area (Å²) in [6.45, 7) is 0.284. The van der Waals surface area contributed by atoms with Crippen molar-refractivity contribution in [3.05, 3.63) is 101 Å². The molecule has 0 saturated carbocycles. The quantitative estimate of drug-likeness (QED) is 0.646. The fourth-order valence-corrected chi connectivity index (χ4v) is 2.95. The molecule has 2 N–H and O–H groups in total. The maximum atomic E-state index is 12.8. The summed E-state index contributed by atoms with van der Waals surface area (Å²) in [5, 5.41) is 6.26. The smallest absolute Gasteiger partial charge is 0.253 e. The van der Waals surface area contributed by atoms with E-state index in [9.17, 15) is 9.59 Å². The molecule has 1 atom stereocenters. The predicted octanol–water partition coefficient (Wildman–Crippen LogP) is 3.39. The molecule has 28 heavy (non-hydrogen) atoms. The molecule has 0 fully saturated rings. The molecule has 2 aromatic carbocycles. The van der Waals surface area contributed by atoms with E-state index in [1.54, 1.807) is 24.4 Å². The van der Waals surface area contributed by atoms with Gasteiger partial charge in [-0.2, -0.15) is 0 Å². The molecule has 1 unspecified atom stereocenters. The largest absolute Gasteiger partial charge is 0.350 e. The van der Waals surface area contributed by atoms with Gasteiger partial charge in [0.05, 0.1) is 5.56 Å². The van der Waals surface area contributed by atoms with E-state index in [0.29, 0.717) is 17.0 Å². The molecular formula is C22H20ClN3O2. The molecule has 142 valence electrons. The second-order valence-electron chi connectivity index (χ2n) is 6.27. The summed E-state index contributed by atoms with van der Waals surface area (Å²) in [6, 6.07) is 19.5. The van der Waals surface area contributed by atoms with Gasteiger partial charge in [0.15, 0.2) is 0 Å². The summed E-state index contributed by atoms with van der Waals surface area (Å²) in [5.74, 6) is -0.622. The van der Waals surface area contributed by atoms with Crippen LogP contribution in [0.5, 0.6) is 0 Å². The predicted molar refractivity (Wildman–Crippen MR) is 109 cm³/mol. The Morgan fingerprint density at radius 3 is 2.43 bits per heavy atom. The van der Waals surface area contributed by atoms with Crippen LogP contribution in [0.25, 0.3) is 0 Å². The van der Waals surface area contributed by atoms with E-state index in [-0.39, 0.29) is 18.4 Å². The first kappa shape index (κ1) is 19.6. The first-order valence-electron chi connectivity index (χ1n) is 8.89. The summed E-state index contributed by atoms with van der Waals surface area (Å²) in [5.41, 5.74) is 2.17. The van der Waals surface area contributed by atoms with Crippen LogP contribution in [0.2, 0.25) is 5.02 Å². The highest BCUT2D eigenvalue weighted by molar-refractivity contribution is 6.31. The fraction of sp³-hybridized carbons (Fsp3) is 0.136. The van der Waals surface area contributed by atoms with Gasteiger partial charge in [-0.3, -0.25) is 14.6 Å². The van der Waals surface area contributed by atoms with Crippen LogP contribution in [0, 0.1) is 0 Å². The van der Waals surface area contributed by atoms with E-state index in [0.717, 1.165) is 11.1 Å². The number of hydrogen-bond donors (Lipinski definition) is 2. The van der Waals surface area contributed by atoms with Crippen LogP contribution >= 0.6 is 11.6 Å². The number of benzene rings is 2. The second-order valence-corrected chi connectivity index (χ2v) is 6.67. The zero-order valence-electron chi connectivity index (χ0n) is 15.1. The van der Waals surface area contributed by atoms with Crippen molar-refractivity contribution >= 4 is 23.4 Å². The Labute approximate surface area is 168 Å². The number of carbonyl (C=O) groups is 2. The summed E-state index contributed by atoms with van der Waals surface area (Å²) < 4.78 is 0. The number of carbonyl (C=O) groups excluding carboxylic acids is 2. The molecule has 5 nitrogen and oxygen atoms in total. The molecule has 0 aliphatic carbocycles. The van der Waals surface area contributed by atoms with Gasteiger partial charge in [-0.05, 0) is 29.3 Å². The van der Waals surface area contributed by atoms with Crippen molar-refractivity contribution in [2.45, 2.75) is 19.0 Å². The van der Waals surface area contributed by atoms with Gasteiger partial charge in [0, 0.05) is 30.4 Å². The van der Waals surface area contributed by atoms with Gasteiger partial charge in [-0.15, -0.1) is 0 Å². The van der Waals surface area contributed by atoms with Gasteiger partial charge >= 0.3 is 0 Å². The number of aromatic nitrogens is 1. The highest BCUT2D eigenvalue weighted by atomic mass is 35.5. The van der Waals surface area contributed by atoms with Crippen molar-refractivity contribution < 1.29 is 9.59 Å². The summed E-state index contributed by atoms with van der Waals surface area (Å²) in [7, 11) is 0. The Kier molecular flexibility index (Phi) is 6.76. The SMILES string of the molecule is O=C(NC(Cc1ccccc1)C(=O)NCc1ccccc1Cl)c1cccnc1. The van der Waals surface area contributed by atoms with E-state index < -0.39 is 6.04 Å². The van der Waals surface area contributed by atoms with Crippen LogP contribution in [0.3, 0.4) is 0 Å². The molecular weight excluding hydrogens is 374 g/mol. The van der Waals surface area contributed by atoms with Crippen LogP contribution in [-0.2, 0) is 17.8 Å². The highest BCUT2D eigenvalue weighted by Gasteiger charge is 2.22. The van der Waals surface area contributed by atoms with E-state index in [4.69, 9.17) is 11.6 Å². The first-order chi connectivity index (χ1) is 13.6. The Balaban J connectivity index is 1.72. The van der Waals surface area contributed by atoms with Crippen molar-refractivity contribution in [2.24, 2.45) is 0 Å². The minimum Gasteiger partial charge on any atom is -0.350 e. The summed E-state index contributed by atoms with van der Waals surface area (Å²) >= 11 is 6.15. The monoisotopic (exact) mass is 393 g/mol. The van der Waals surface area contributed by atoms with Crippen molar-refractivity contribution in [3.8, 4) is 0 Å². The average molecular weight is 394 g/mol. The number of amides is 2. The second kappa shape index (κ2) is 9.67. The molecule has 0 spiro atoms. The zero-order chi connectivity index (χ0) is 19.8. The van der Waals surface area contributed by atoms with Crippen molar-refractivity contribution in [3.63, 3.8) is 0 Å². The van der Waals surface area contributed by atoms with Crippen LogP contribution < -0.4 is 10.6 Å². The van der Waals surface area contributed by atoms with Crippen LogP contribution in [0.15, 0.2) is 79.1 Å². The van der Waals surface area contributed by atoms with Gasteiger partial charge in [-0.25, -0.2) is 0 Å². The molecule has 0 aliphatic heterocycles. The van der Waals surface area contributed by atoms with Crippen molar-refractivity contribution in [1.82, 2.24) is 15.6 Å². The molecule has 2 amide bonds. The Hall–Kier alpha value is -3.18. The van der Waals surface area contributed by atoms with Crippen LogP contribution in [0.1, 0.15) is 21.5 Å². The van der Waals surface area contributed by atoms with Crippen molar-refractivity contribution in [2.75, 3.05) is 0 Å². The summed E-state index contributed by atoms with van der Waals surface area (Å²) in [6.07, 6.45) is 3.44. The Morgan fingerprint density at radius 2 is 1.71 bits per heavy atom. The number of nitrogens with one attached hydrogen (secondary N) is 2. The lowest BCUT2D eigenvalue weighted by atomic mass is 10.0. The summed E-state index contributed by atoms with van der Waals surface area (Å²) in [4.78, 5) is 29.3. The number of nitrogens with zero attached hydrogens (tertiary/aromatic N) is 1. The number of halogens is 1. The lowest BCUT2D eigenvalue weighted by Crippen LogP contribution is -2.47. The van der Waals surface area contributed by atoms with Gasteiger partial charge in [-0.1, -0.05) is 60.1 Å². The number of hydrogen-bond acceptors (Lipinski definition) is 3. The molecule has 1 aromatic heterocycles. The normalized spacial score (nSPS) is 11.5. The third-order valence-corrected chi connectivity index (χ3v) is 4.61. The number of pyridine rings is 1. The topological polar surface area (TPSA) is 71.1 Å². The minimum absolute atomic E-state index is 0.277. The molecule has 0 saturated heterocycles. The third-order valence-electron chi connectivity index (χ3n) is 4.24. The average Bonchev–Trinajstić information content (AvgIpc) is 2.74. The lowest BCUT2D eigenvalue weighted by molar-refractivity contribution is -0.123. The molecule has 0 aliphatic rings. The maximum absolute atomic E-state index is 12.8. The fourth-order valence-electron chi connectivity index (χ4n) is 2.75. The molecule has 0 radical (unpaired) electrons. The highest BCUT2D eigenvalue weighted by Crippen LogP contribution is 2.14. The standard InChI is InChI=1S/C22H20ClN3O2/c23-19-11-5-4-9-17(19)15-25-22(28)20(13-16-7-2-1-3-8-16)26-21(27)18-10-6-12-24-14-18/h1-12,14,20H,13,15H2,(H,25,28)(H,26,27). The molecule has 0 bridgehead atoms. The van der Waals surface area contributed by atoms with Gasteiger partial charge in [0.1, 0.15) is 6.04 Å². The van der Waals surface area contributed by atoms with E-state index in [1.807, 2.05) is 48.5 Å². The Bertz CT molecular complexity index is 933. The minimum atomic E-state index is -0.724. The lowest BCUT2D eigenvalue weighted by Gasteiger charge is -2.19. The molecule has 3 aromatic rings. The third kappa shape index (κ3) is 5.41. The Morgan fingerprint density at radius 1 is 0.964 bits per heavy atom. The van der Waals surface area contributed by atoms with Crippen molar-refractivity contribution in [1.29, 1.82) is 0 Å². The molecule has 3 rings (SSSR count). The van der Waals surface area contributed by atoms with E-state index in [2.05, 4.69) is 15.6 Å². The van der Waals surface area contributed by atoms with E-state index >= 15 is 0 Å². The zero-order valence-corrected chi connectivity index (χ0v) is 15.9. The molecule has 1 heterocycles. The van der Waals surface area contributed by atoms with Gasteiger partial charge in [0.2, 0.25) is 5.91 Å². The van der Waals surface area contributed by atoms with Crippen LogP contribution in [0.4, 0.5) is 0 Å². The molecule has 6 heteroatoms. The van der Waals surface area contributed by atoms with Crippen LogP contribution in [-0.4, -0.2) is 22.8 Å². The maximum Gasteiger partial charge on any atom is 0.253 e. The van der Waals surface area contributed by atoms with Gasteiger partial charge < -0.3 is 10.6 Å². The first-order valence-corrected chi connectivity index (χ1v) is 9.27. The number of rotatable bonds is 7. The van der Waals surface area contributed by atoms with E-state index in [1.165, 1.54) is 6.20 Å². The van der Waals surface area contributed by atoms with Gasteiger partial charge in [0.25, 0.3) is 5.91 Å².